The molecule has 0 fully saturated rings. The van der Waals surface area contributed by atoms with Gasteiger partial charge in [0.2, 0.25) is 5.91 Å². The smallest absolute Gasteiger partial charge is 0.337 e. The van der Waals surface area contributed by atoms with Crippen LogP contribution in [0.3, 0.4) is 0 Å². The minimum Gasteiger partial charge on any atom is -0.465 e. The first kappa shape index (κ1) is 22.7. The van der Waals surface area contributed by atoms with Crippen molar-refractivity contribution in [3.8, 4) is 0 Å². The molecule has 32 heavy (non-hydrogen) atoms. The van der Waals surface area contributed by atoms with E-state index in [0.29, 0.717) is 29.7 Å². The Morgan fingerprint density at radius 1 is 0.875 bits per heavy atom. The van der Waals surface area contributed by atoms with Crippen molar-refractivity contribution in [3.63, 3.8) is 0 Å². The van der Waals surface area contributed by atoms with E-state index in [1.165, 1.54) is 7.11 Å². The number of hydrogen-bond acceptors (Lipinski definition) is 4. The highest BCUT2D eigenvalue weighted by atomic mass is 16.5. The predicted octanol–water partition coefficient (Wildman–Crippen LogP) is 4.54. The number of benzene rings is 3. The lowest BCUT2D eigenvalue weighted by Crippen LogP contribution is -2.27. The molecule has 1 atom stereocenters. The highest BCUT2D eigenvalue weighted by molar-refractivity contribution is 6.04. The molecule has 1 unspecified atom stereocenters. The van der Waals surface area contributed by atoms with E-state index < -0.39 is 0 Å². The zero-order valence-corrected chi connectivity index (χ0v) is 18.1. The van der Waals surface area contributed by atoms with Gasteiger partial charge in [-0.05, 0) is 60.9 Å². The van der Waals surface area contributed by atoms with Crippen LogP contribution in [0.25, 0.3) is 0 Å². The molecule has 0 radical (unpaired) electrons. The van der Waals surface area contributed by atoms with E-state index in [2.05, 4.69) is 15.4 Å². The Morgan fingerprint density at radius 3 is 2.28 bits per heavy atom. The monoisotopic (exact) mass is 430 g/mol. The molecule has 6 heteroatoms. The Bertz CT molecular complexity index is 1080. The summed E-state index contributed by atoms with van der Waals surface area (Å²) >= 11 is 0. The average molecular weight is 431 g/mol. The highest BCUT2D eigenvalue weighted by Crippen LogP contribution is 2.18. The summed E-state index contributed by atoms with van der Waals surface area (Å²) in [6.45, 7) is 1.90. The van der Waals surface area contributed by atoms with Crippen LogP contribution in [0.1, 0.15) is 51.2 Å². The SMILES string of the molecule is COC(=O)c1ccc(CCC(=O)NC(C)c2cccc(NC(=O)c3ccccc3)c2)cc1. The minimum absolute atomic E-state index is 0.0757. The van der Waals surface area contributed by atoms with E-state index >= 15 is 0 Å². The van der Waals surface area contributed by atoms with Crippen molar-refractivity contribution in [1.29, 1.82) is 0 Å². The fraction of sp³-hybridized carbons (Fsp3) is 0.192. The maximum atomic E-state index is 12.4. The number of hydrogen-bond donors (Lipinski definition) is 2. The van der Waals surface area contributed by atoms with E-state index in [4.69, 9.17) is 0 Å². The molecule has 164 valence electrons. The quantitative estimate of drug-likeness (QED) is 0.514. The van der Waals surface area contributed by atoms with Crippen molar-refractivity contribution in [2.24, 2.45) is 0 Å². The molecule has 6 nitrogen and oxygen atoms in total. The lowest BCUT2D eigenvalue weighted by molar-refractivity contribution is -0.121. The topological polar surface area (TPSA) is 84.5 Å². The number of ether oxygens (including phenoxy) is 1. The van der Waals surface area contributed by atoms with Crippen molar-refractivity contribution in [1.82, 2.24) is 5.32 Å². The summed E-state index contributed by atoms with van der Waals surface area (Å²) in [7, 11) is 1.34. The summed E-state index contributed by atoms with van der Waals surface area (Å²) in [5.41, 5.74) is 3.59. The number of esters is 1. The van der Waals surface area contributed by atoms with Gasteiger partial charge in [0, 0.05) is 17.7 Å². The lowest BCUT2D eigenvalue weighted by Gasteiger charge is -2.16. The van der Waals surface area contributed by atoms with Crippen LogP contribution >= 0.6 is 0 Å². The average Bonchev–Trinajstić information content (AvgIpc) is 2.83. The van der Waals surface area contributed by atoms with Crippen molar-refractivity contribution < 1.29 is 19.1 Å². The summed E-state index contributed by atoms with van der Waals surface area (Å²) in [5.74, 6) is -0.642. The van der Waals surface area contributed by atoms with E-state index in [9.17, 15) is 14.4 Å². The first-order chi connectivity index (χ1) is 15.5. The largest absolute Gasteiger partial charge is 0.465 e. The van der Waals surface area contributed by atoms with E-state index in [1.54, 1.807) is 24.3 Å². The van der Waals surface area contributed by atoms with Crippen LogP contribution in [0.4, 0.5) is 5.69 Å². The van der Waals surface area contributed by atoms with Gasteiger partial charge in [0.05, 0.1) is 18.7 Å². The molecule has 0 aromatic heterocycles. The van der Waals surface area contributed by atoms with Gasteiger partial charge in [0.1, 0.15) is 0 Å². The van der Waals surface area contributed by atoms with E-state index in [1.807, 2.05) is 61.5 Å². The van der Waals surface area contributed by atoms with Gasteiger partial charge in [-0.15, -0.1) is 0 Å². The molecule has 0 spiro atoms. The third-order valence-electron chi connectivity index (χ3n) is 5.07. The number of aryl methyl sites for hydroxylation is 1. The Balaban J connectivity index is 1.53. The van der Waals surface area contributed by atoms with Crippen LogP contribution in [-0.2, 0) is 16.0 Å². The molecule has 0 heterocycles. The molecule has 0 saturated carbocycles. The molecule has 3 rings (SSSR count). The molecule has 0 saturated heterocycles. The molecule has 0 aliphatic heterocycles. The molecule has 3 aromatic carbocycles. The minimum atomic E-state index is -0.384. The van der Waals surface area contributed by atoms with Crippen molar-refractivity contribution in [2.75, 3.05) is 12.4 Å². The summed E-state index contributed by atoms with van der Waals surface area (Å²) in [6.07, 6.45) is 0.888. The van der Waals surface area contributed by atoms with Crippen LogP contribution in [0.15, 0.2) is 78.9 Å². The molecule has 2 N–H and O–H groups in total. The van der Waals surface area contributed by atoms with Gasteiger partial charge in [0.25, 0.3) is 5.91 Å². The normalized spacial score (nSPS) is 11.3. The van der Waals surface area contributed by atoms with E-state index in [-0.39, 0.29) is 23.8 Å². The van der Waals surface area contributed by atoms with Crippen LogP contribution in [0.5, 0.6) is 0 Å². The fourth-order valence-corrected chi connectivity index (χ4v) is 3.26. The molecular weight excluding hydrogens is 404 g/mol. The maximum absolute atomic E-state index is 12.4. The summed E-state index contributed by atoms with van der Waals surface area (Å²) in [4.78, 5) is 36.3. The van der Waals surface area contributed by atoms with Gasteiger partial charge >= 0.3 is 5.97 Å². The Kier molecular flexibility index (Phi) is 7.75. The Hall–Kier alpha value is -3.93. The molecule has 3 aromatic rings. The van der Waals surface area contributed by atoms with Crippen molar-refractivity contribution in [3.05, 3.63) is 101 Å². The zero-order chi connectivity index (χ0) is 22.9. The van der Waals surface area contributed by atoms with Crippen LogP contribution < -0.4 is 10.6 Å². The van der Waals surface area contributed by atoms with Gasteiger partial charge in [0.15, 0.2) is 0 Å². The van der Waals surface area contributed by atoms with Gasteiger partial charge < -0.3 is 15.4 Å². The van der Waals surface area contributed by atoms with Crippen LogP contribution in [0, 0.1) is 0 Å². The van der Waals surface area contributed by atoms with Gasteiger partial charge in [-0.1, -0.05) is 42.5 Å². The third kappa shape index (κ3) is 6.28. The fourth-order valence-electron chi connectivity index (χ4n) is 3.26. The maximum Gasteiger partial charge on any atom is 0.337 e. The number of rotatable bonds is 8. The van der Waals surface area contributed by atoms with Gasteiger partial charge in [-0.2, -0.15) is 0 Å². The zero-order valence-electron chi connectivity index (χ0n) is 18.1. The predicted molar refractivity (Wildman–Crippen MR) is 123 cm³/mol. The Morgan fingerprint density at radius 2 is 1.59 bits per heavy atom. The summed E-state index contributed by atoms with van der Waals surface area (Å²) < 4.78 is 4.69. The van der Waals surface area contributed by atoms with Gasteiger partial charge in [-0.25, -0.2) is 4.79 Å². The standard InChI is InChI=1S/C26H26N2O4/c1-18(27-24(29)16-13-19-11-14-21(15-12-19)26(31)32-2)22-9-6-10-23(17-22)28-25(30)20-7-4-3-5-8-20/h3-12,14-15,17-18H,13,16H2,1-2H3,(H,27,29)(H,28,30). The summed E-state index contributed by atoms with van der Waals surface area (Å²) in [6, 6.07) is 23.3. The first-order valence-corrected chi connectivity index (χ1v) is 10.4. The molecule has 0 aliphatic rings. The second-order valence-electron chi connectivity index (χ2n) is 7.42. The number of carbonyl (C=O) groups excluding carboxylic acids is 3. The molecule has 0 bridgehead atoms. The second-order valence-corrected chi connectivity index (χ2v) is 7.42. The first-order valence-electron chi connectivity index (χ1n) is 10.4. The molecule has 2 amide bonds. The number of nitrogens with one attached hydrogen (secondary N) is 2. The lowest BCUT2D eigenvalue weighted by atomic mass is 10.1. The number of methoxy groups -OCH3 is 1. The molecule has 0 aliphatic carbocycles. The number of anilines is 1. The van der Waals surface area contributed by atoms with Crippen LogP contribution in [0.2, 0.25) is 0 Å². The van der Waals surface area contributed by atoms with Crippen molar-refractivity contribution in [2.45, 2.75) is 25.8 Å². The molecular formula is C26H26N2O4. The van der Waals surface area contributed by atoms with Gasteiger partial charge in [-0.3, -0.25) is 9.59 Å². The number of amides is 2. The van der Waals surface area contributed by atoms with E-state index in [0.717, 1.165) is 11.1 Å². The second kappa shape index (κ2) is 10.9. The number of carbonyl (C=O) groups is 3. The Labute approximate surface area is 187 Å². The van der Waals surface area contributed by atoms with Crippen molar-refractivity contribution >= 4 is 23.5 Å². The highest BCUT2D eigenvalue weighted by Gasteiger charge is 2.12. The van der Waals surface area contributed by atoms with Crippen LogP contribution in [-0.4, -0.2) is 24.9 Å². The third-order valence-corrected chi connectivity index (χ3v) is 5.07. The summed E-state index contributed by atoms with van der Waals surface area (Å²) in [5, 5.41) is 5.88.